The van der Waals surface area contributed by atoms with Crippen molar-refractivity contribution >= 4 is 17.5 Å². The molecule has 0 saturated carbocycles. The van der Waals surface area contributed by atoms with Crippen molar-refractivity contribution in [3.05, 3.63) is 130 Å². The Bertz CT molecular complexity index is 2240. The zero-order valence-corrected chi connectivity index (χ0v) is 31.2. The van der Waals surface area contributed by atoms with E-state index in [9.17, 15) is 9.90 Å². The van der Waals surface area contributed by atoms with Gasteiger partial charge in [0, 0.05) is 61.4 Å². The van der Waals surface area contributed by atoms with Crippen molar-refractivity contribution in [3.63, 3.8) is 0 Å². The molecule has 5 heterocycles. The van der Waals surface area contributed by atoms with Gasteiger partial charge in [0.25, 0.3) is 11.8 Å². The number of phenols is 1. The first-order valence-electron chi connectivity index (χ1n) is 19.4. The lowest BCUT2D eigenvalue weighted by molar-refractivity contribution is 0.0193. The van der Waals surface area contributed by atoms with Gasteiger partial charge in [-0.1, -0.05) is 54.1 Å². The van der Waals surface area contributed by atoms with Crippen molar-refractivity contribution in [1.29, 1.82) is 0 Å². The molecule has 0 bridgehead atoms. The van der Waals surface area contributed by atoms with Crippen LogP contribution in [0.3, 0.4) is 0 Å². The molecular formula is C45H46N4O6. The van der Waals surface area contributed by atoms with Crippen LogP contribution in [0.5, 0.6) is 17.2 Å². The lowest BCUT2D eigenvalue weighted by atomic mass is 9.92. The van der Waals surface area contributed by atoms with E-state index < -0.39 is 0 Å². The van der Waals surface area contributed by atoms with E-state index in [4.69, 9.17) is 14.2 Å². The lowest BCUT2D eigenvalue weighted by Crippen LogP contribution is -2.52. The number of carbonyl (C=O) groups excluding carboxylic acids is 2. The number of fused-ring (bicyclic) bond motifs is 3. The van der Waals surface area contributed by atoms with E-state index in [1.807, 2.05) is 54.3 Å². The molecule has 1 atom stereocenters. The van der Waals surface area contributed by atoms with E-state index in [0.29, 0.717) is 54.6 Å². The van der Waals surface area contributed by atoms with Crippen molar-refractivity contribution in [2.45, 2.75) is 58.3 Å². The maximum atomic E-state index is 15.2. The number of ether oxygens (including phenoxy) is 3. The summed E-state index contributed by atoms with van der Waals surface area (Å²) in [5, 5.41) is 10.1. The first-order valence-corrected chi connectivity index (χ1v) is 19.4. The molecule has 55 heavy (non-hydrogen) atoms. The van der Waals surface area contributed by atoms with Crippen LogP contribution in [-0.2, 0) is 37.2 Å². The van der Waals surface area contributed by atoms with Crippen LogP contribution in [0, 0.1) is 6.92 Å². The number of nitrogens with zero attached hydrogens (tertiary/aromatic N) is 4. The molecule has 1 saturated heterocycles. The number of aromatic hydroxyl groups is 1. The van der Waals surface area contributed by atoms with Crippen LogP contribution in [0.1, 0.15) is 61.5 Å². The molecule has 0 radical (unpaired) electrons. The summed E-state index contributed by atoms with van der Waals surface area (Å²) in [5.41, 5.74) is 8.93. The Hall–Kier alpha value is -5.58. The molecule has 1 N–H and O–H groups in total. The number of hydrogen-bond acceptors (Lipinski definition) is 7. The fourth-order valence-corrected chi connectivity index (χ4v) is 8.69. The number of rotatable bonds is 8. The summed E-state index contributed by atoms with van der Waals surface area (Å²) >= 11 is 0. The number of morpholine rings is 1. The van der Waals surface area contributed by atoms with Gasteiger partial charge in [0.05, 0.1) is 30.9 Å². The lowest BCUT2D eigenvalue weighted by Gasteiger charge is -2.40. The maximum Gasteiger partial charge on any atom is 0.260 e. The summed E-state index contributed by atoms with van der Waals surface area (Å²) in [6.45, 7) is 7.56. The average molecular weight is 739 g/mol. The van der Waals surface area contributed by atoms with Crippen LogP contribution in [-0.4, -0.2) is 77.0 Å². The fourth-order valence-electron chi connectivity index (χ4n) is 8.69. The molecule has 9 rings (SSSR count). The predicted octanol–water partition coefficient (Wildman–Crippen LogP) is 6.98. The largest absolute Gasteiger partial charge is 0.508 e. The summed E-state index contributed by atoms with van der Waals surface area (Å²) in [4.78, 5) is 36.4. The summed E-state index contributed by atoms with van der Waals surface area (Å²) in [6.07, 6.45) is 3.44. The molecule has 1 unspecified atom stereocenters. The topological polar surface area (TPSA) is 96.7 Å². The molecule has 10 nitrogen and oxygen atoms in total. The number of phenolic OH excluding ortho intramolecular Hbond substituents is 1. The standard InChI is InChI=1S/C45H46N4O6/c1-30-7-6-8-31(21-30)26-48(34-12-14-36(50)15-13-34)45(52)39-23-41(47-16-5-4-11-40(39)47)37-24-42-43(55-29-54-42)25-38(37)44(51)49-27-33-10-3-2-9-32(33)22-35(49)28-46-17-19-53-20-18-46/h2-3,6-10,12-15,21,23-25,35,50H,4-5,11,16-20,22,26-29H2,1H3. The van der Waals surface area contributed by atoms with E-state index in [2.05, 4.69) is 33.7 Å². The van der Waals surface area contributed by atoms with Gasteiger partial charge in [0.15, 0.2) is 11.5 Å². The van der Waals surface area contributed by atoms with Gasteiger partial charge in [-0.3, -0.25) is 14.5 Å². The number of aromatic nitrogens is 1. The zero-order valence-electron chi connectivity index (χ0n) is 31.2. The third-order valence-corrected chi connectivity index (χ3v) is 11.5. The number of carbonyl (C=O) groups is 2. The van der Waals surface area contributed by atoms with Crippen LogP contribution in [0.4, 0.5) is 5.69 Å². The molecular weight excluding hydrogens is 693 g/mol. The highest BCUT2D eigenvalue weighted by Gasteiger charge is 2.36. The number of anilines is 1. The highest BCUT2D eigenvalue weighted by Crippen LogP contribution is 2.42. The van der Waals surface area contributed by atoms with Gasteiger partial charge in [-0.25, -0.2) is 0 Å². The third kappa shape index (κ3) is 6.96. The van der Waals surface area contributed by atoms with Gasteiger partial charge in [-0.15, -0.1) is 0 Å². The van der Waals surface area contributed by atoms with Crippen molar-refractivity contribution in [3.8, 4) is 28.5 Å². The Morgan fingerprint density at radius 2 is 1.62 bits per heavy atom. The second-order valence-electron chi connectivity index (χ2n) is 15.1. The average Bonchev–Trinajstić information content (AvgIpc) is 3.84. The van der Waals surface area contributed by atoms with E-state index in [1.54, 1.807) is 29.2 Å². The van der Waals surface area contributed by atoms with E-state index >= 15 is 4.79 Å². The molecule has 1 aromatic heterocycles. The Labute approximate surface area is 321 Å². The Kier molecular flexibility index (Phi) is 9.53. The molecule has 2 amide bonds. The molecule has 10 heteroatoms. The number of benzene rings is 4. The van der Waals surface area contributed by atoms with E-state index in [0.717, 1.165) is 85.5 Å². The maximum absolute atomic E-state index is 15.2. The zero-order chi connectivity index (χ0) is 37.5. The normalized spacial score (nSPS) is 17.8. The molecule has 4 aromatic carbocycles. The van der Waals surface area contributed by atoms with Crippen molar-refractivity contribution < 1.29 is 28.9 Å². The molecule has 282 valence electrons. The van der Waals surface area contributed by atoms with Gasteiger partial charge >= 0.3 is 0 Å². The second kappa shape index (κ2) is 14.9. The number of aryl methyl sites for hydroxylation is 1. The molecule has 1 fully saturated rings. The quantitative estimate of drug-likeness (QED) is 0.184. The Morgan fingerprint density at radius 3 is 2.42 bits per heavy atom. The second-order valence-corrected chi connectivity index (χ2v) is 15.1. The van der Waals surface area contributed by atoms with Gasteiger partial charge in [0.2, 0.25) is 6.79 Å². The van der Waals surface area contributed by atoms with Crippen LogP contribution in [0.25, 0.3) is 11.3 Å². The summed E-state index contributed by atoms with van der Waals surface area (Å²) in [7, 11) is 0. The summed E-state index contributed by atoms with van der Waals surface area (Å²) in [5.74, 6) is 1.08. The van der Waals surface area contributed by atoms with Gasteiger partial charge < -0.3 is 33.7 Å². The van der Waals surface area contributed by atoms with Crippen LogP contribution in [0.2, 0.25) is 0 Å². The summed E-state index contributed by atoms with van der Waals surface area (Å²) in [6, 6.07) is 29.1. The van der Waals surface area contributed by atoms with E-state index in [1.165, 1.54) is 5.56 Å². The van der Waals surface area contributed by atoms with Gasteiger partial charge in [-0.05, 0) is 91.8 Å². The first kappa shape index (κ1) is 35.1. The van der Waals surface area contributed by atoms with Crippen LogP contribution < -0.4 is 14.4 Å². The minimum Gasteiger partial charge on any atom is -0.508 e. The molecule has 5 aromatic rings. The highest BCUT2D eigenvalue weighted by molar-refractivity contribution is 6.09. The molecule has 0 aliphatic carbocycles. The molecule has 4 aliphatic heterocycles. The van der Waals surface area contributed by atoms with E-state index in [-0.39, 0.29) is 30.4 Å². The van der Waals surface area contributed by atoms with Crippen LogP contribution >= 0.6 is 0 Å². The summed E-state index contributed by atoms with van der Waals surface area (Å²) < 4.78 is 19.7. The van der Waals surface area contributed by atoms with Crippen LogP contribution in [0.15, 0.2) is 91.0 Å². The van der Waals surface area contributed by atoms with Crippen molar-refractivity contribution in [2.24, 2.45) is 0 Å². The molecule has 0 spiro atoms. The number of amides is 2. The van der Waals surface area contributed by atoms with Gasteiger partial charge in [0.1, 0.15) is 5.75 Å². The molecule has 4 aliphatic rings. The predicted molar refractivity (Wildman–Crippen MR) is 210 cm³/mol. The first-order chi connectivity index (χ1) is 26.9. The SMILES string of the molecule is Cc1cccc(CN(C(=O)c2cc(-c3cc4c(cc3C(=O)N3Cc5ccccc5CC3CN3CCOCC3)OCO4)n3c2CCCC3)c2ccc(O)cc2)c1. The van der Waals surface area contributed by atoms with Crippen molar-refractivity contribution in [1.82, 2.24) is 14.4 Å². The number of hydrogen-bond donors (Lipinski definition) is 1. The minimum absolute atomic E-state index is 0.0300. The highest BCUT2D eigenvalue weighted by atomic mass is 16.7. The monoisotopic (exact) mass is 738 g/mol. The minimum atomic E-state index is -0.129. The smallest absolute Gasteiger partial charge is 0.260 e. The Morgan fingerprint density at radius 1 is 0.836 bits per heavy atom. The van der Waals surface area contributed by atoms with Gasteiger partial charge in [-0.2, -0.15) is 0 Å². The fraction of sp³-hybridized carbons (Fsp3) is 0.333. The third-order valence-electron chi connectivity index (χ3n) is 11.5. The van der Waals surface area contributed by atoms with Crippen molar-refractivity contribution in [2.75, 3.05) is 44.5 Å². The Balaban J connectivity index is 1.13.